The number of furan rings is 1. The van der Waals surface area contributed by atoms with E-state index in [1.165, 1.54) is 23.3 Å². The topological polar surface area (TPSA) is 62.6 Å². The van der Waals surface area contributed by atoms with Crippen molar-refractivity contribution in [1.29, 1.82) is 0 Å². The molecule has 0 radical (unpaired) electrons. The van der Waals surface area contributed by atoms with E-state index in [1.807, 2.05) is 0 Å². The fourth-order valence-electron chi connectivity index (χ4n) is 2.68. The summed E-state index contributed by atoms with van der Waals surface area (Å²) in [6.45, 7) is 1.45. The molecule has 1 saturated heterocycles. The van der Waals surface area contributed by atoms with Gasteiger partial charge in [0, 0.05) is 6.04 Å². The first-order chi connectivity index (χ1) is 10.2. The van der Waals surface area contributed by atoms with Crippen molar-refractivity contribution >= 4 is 10.0 Å². The lowest BCUT2D eigenvalue weighted by Crippen LogP contribution is -2.45. The molecule has 1 fully saturated rings. The number of likely N-dealkylation sites (tertiary alicyclic amines) is 1. The third kappa shape index (κ3) is 4.72. The van der Waals surface area contributed by atoms with Gasteiger partial charge in [-0.05, 0) is 50.9 Å². The zero-order chi connectivity index (χ0) is 16.4. The Balaban J connectivity index is 1.86. The third-order valence-corrected chi connectivity index (χ3v) is 5.29. The SMILES string of the molecule is C[C@H](NS(=O)(=O)c1ccco1)C1CCN(CC(F)(F)F)CC1. The molecule has 0 unspecified atom stereocenters. The fraction of sp³-hybridized carbons (Fsp3) is 0.692. The lowest BCUT2D eigenvalue weighted by molar-refractivity contribution is -0.148. The maximum absolute atomic E-state index is 12.3. The normalized spacial score (nSPS) is 20.2. The summed E-state index contributed by atoms with van der Waals surface area (Å²) in [6.07, 6.45) is -1.87. The summed E-state index contributed by atoms with van der Waals surface area (Å²) in [7, 11) is -3.72. The second-order valence-corrected chi connectivity index (χ2v) is 7.22. The summed E-state index contributed by atoms with van der Waals surface area (Å²) in [4.78, 5) is 1.35. The summed E-state index contributed by atoms with van der Waals surface area (Å²) in [5.41, 5.74) is 0. The van der Waals surface area contributed by atoms with Crippen molar-refractivity contribution < 1.29 is 26.0 Å². The first-order valence-corrected chi connectivity index (χ1v) is 8.50. The smallest absolute Gasteiger partial charge is 0.401 e. The van der Waals surface area contributed by atoms with Crippen LogP contribution in [0.5, 0.6) is 0 Å². The predicted molar refractivity (Wildman–Crippen MR) is 73.7 cm³/mol. The minimum absolute atomic E-state index is 0.00854. The molecule has 22 heavy (non-hydrogen) atoms. The van der Waals surface area contributed by atoms with Crippen molar-refractivity contribution in [3.63, 3.8) is 0 Å². The summed E-state index contributed by atoms with van der Waals surface area (Å²) in [6, 6.07) is 2.47. The molecule has 1 aliphatic heterocycles. The van der Waals surface area contributed by atoms with Gasteiger partial charge in [-0.2, -0.15) is 13.2 Å². The molecule has 2 rings (SSSR count). The highest BCUT2D eigenvalue weighted by Gasteiger charge is 2.34. The van der Waals surface area contributed by atoms with E-state index in [4.69, 9.17) is 4.42 Å². The summed E-state index contributed by atoms with van der Waals surface area (Å²) >= 11 is 0. The number of rotatable bonds is 5. The average Bonchev–Trinajstić information content (AvgIpc) is 2.91. The van der Waals surface area contributed by atoms with Gasteiger partial charge < -0.3 is 4.42 Å². The Kier molecular flexibility index (Phi) is 5.18. The Bertz CT molecular complexity index is 564. The molecule has 2 heterocycles. The zero-order valence-electron chi connectivity index (χ0n) is 12.1. The first-order valence-electron chi connectivity index (χ1n) is 7.02. The van der Waals surface area contributed by atoms with Gasteiger partial charge in [-0.15, -0.1) is 0 Å². The van der Waals surface area contributed by atoms with Gasteiger partial charge in [0.15, 0.2) is 0 Å². The second kappa shape index (κ2) is 6.59. The quantitative estimate of drug-likeness (QED) is 0.893. The molecule has 0 spiro atoms. The van der Waals surface area contributed by atoms with Gasteiger partial charge >= 0.3 is 6.18 Å². The van der Waals surface area contributed by atoms with E-state index in [0.717, 1.165) is 0 Å². The number of nitrogens with one attached hydrogen (secondary N) is 1. The van der Waals surface area contributed by atoms with Gasteiger partial charge in [0.05, 0.1) is 12.8 Å². The van der Waals surface area contributed by atoms with Crippen molar-refractivity contribution in [1.82, 2.24) is 9.62 Å². The third-order valence-electron chi connectivity index (χ3n) is 3.84. The number of halogens is 3. The Morgan fingerprint density at radius 2 is 2.05 bits per heavy atom. The minimum Gasteiger partial charge on any atom is -0.452 e. The van der Waals surface area contributed by atoms with Crippen LogP contribution in [0, 0.1) is 5.92 Å². The van der Waals surface area contributed by atoms with Crippen LogP contribution in [-0.2, 0) is 10.0 Å². The van der Waals surface area contributed by atoms with Gasteiger partial charge in [-0.1, -0.05) is 0 Å². The van der Waals surface area contributed by atoms with Crippen LogP contribution in [0.3, 0.4) is 0 Å². The van der Waals surface area contributed by atoms with Crippen LogP contribution < -0.4 is 4.72 Å². The minimum atomic E-state index is -4.20. The summed E-state index contributed by atoms with van der Waals surface area (Å²) in [5, 5.41) is -0.158. The van der Waals surface area contributed by atoms with Crippen LogP contribution in [0.25, 0.3) is 0 Å². The molecule has 0 aromatic carbocycles. The Morgan fingerprint density at radius 1 is 1.41 bits per heavy atom. The monoisotopic (exact) mass is 340 g/mol. The predicted octanol–water partition coefficient (Wildman–Crippen LogP) is 2.22. The standard InChI is InChI=1S/C13H19F3N2O3S/c1-10(17-22(19,20)12-3-2-8-21-12)11-4-6-18(7-5-11)9-13(14,15)16/h2-3,8,10-11,17H,4-7,9H2,1H3/t10-/m0/s1. The van der Waals surface area contributed by atoms with Gasteiger partial charge in [0.1, 0.15) is 0 Å². The van der Waals surface area contributed by atoms with Crippen molar-refractivity contribution in [3.8, 4) is 0 Å². The number of hydrogen-bond donors (Lipinski definition) is 1. The molecular weight excluding hydrogens is 321 g/mol. The van der Waals surface area contributed by atoms with Crippen LogP contribution in [0.4, 0.5) is 13.2 Å². The molecule has 0 aliphatic carbocycles. The molecule has 1 aromatic rings. The van der Waals surface area contributed by atoms with Crippen LogP contribution in [0.15, 0.2) is 27.9 Å². The lowest BCUT2D eigenvalue weighted by atomic mass is 9.91. The van der Waals surface area contributed by atoms with E-state index in [1.54, 1.807) is 6.92 Å². The molecule has 1 aliphatic rings. The number of sulfonamides is 1. The van der Waals surface area contributed by atoms with E-state index >= 15 is 0 Å². The molecule has 0 bridgehead atoms. The lowest BCUT2D eigenvalue weighted by Gasteiger charge is -2.35. The van der Waals surface area contributed by atoms with Gasteiger partial charge in [0.2, 0.25) is 5.09 Å². The van der Waals surface area contributed by atoms with Gasteiger partial charge in [-0.25, -0.2) is 13.1 Å². The molecule has 1 aromatic heterocycles. The Hall–Kier alpha value is -1.06. The van der Waals surface area contributed by atoms with Crippen molar-refractivity contribution in [3.05, 3.63) is 18.4 Å². The Labute approximate surface area is 127 Å². The molecule has 1 atom stereocenters. The second-order valence-electron chi connectivity index (χ2n) is 5.57. The van der Waals surface area contributed by atoms with Crippen LogP contribution >= 0.6 is 0 Å². The highest BCUT2D eigenvalue weighted by atomic mass is 32.2. The van der Waals surface area contributed by atoms with E-state index in [2.05, 4.69) is 4.72 Å². The number of nitrogens with zero attached hydrogens (tertiary/aromatic N) is 1. The number of alkyl halides is 3. The highest BCUT2D eigenvalue weighted by molar-refractivity contribution is 7.89. The zero-order valence-corrected chi connectivity index (χ0v) is 13.0. The van der Waals surface area contributed by atoms with Crippen LogP contribution in [0.2, 0.25) is 0 Å². The molecule has 0 saturated carbocycles. The Morgan fingerprint density at radius 3 is 2.55 bits per heavy atom. The largest absolute Gasteiger partial charge is 0.452 e. The van der Waals surface area contributed by atoms with E-state index < -0.39 is 22.7 Å². The average molecular weight is 340 g/mol. The maximum Gasteiger partial charge on any atom is 0.401 e. The highest BCUT2D eigenvalue weighted by Crippen LogP contribution is 2.25. The van der Waals surface area contributed by atoms with Gasteiger partial charge in [0.25, 0.3) is 10.0 Å². The molecule has 126 valence electrons. The molecular formula is C13H19F3N2O3S. The summed E-state index contributed by atoms with van der Waals surface area (Å²) in [5.74, 6) is 0.00854. The fourth-order valence-corrected chi connectivity index (χ4v) is 3.92. The van der Waals surface area contributed by atoms with Crippen molar-refractivity contribution in [2.24, 2.45) is 5.92 Å². The van der Waals surface area contributed by atoms with Crippen LogP contribution in [0.1, 0.15) is 19.8 Å². The molecule has 9 heteroatoms. The number of hydrogen-bond acceptors (Lipinski definition) is 4. The van der Waals surface area contributed by atoms with Crippen LogP contribution in [-0.4, -0.2) is 45.2 Å². The maximum atomic E-state index is 12.3. The van der Waals surface area contributed by atoms with E-state index in [-0.39, 0.29) is 17.1 Å². The van der Waals surface area contributed by atoms with E-state index in [9.17, 15) is 21.6 Å². The molecule has 0 amide bonds. The van der Waals surface area contributed by atoms with Crippen molar-refractivity contribution in [2.75, 3.05) is 19.6 Å². The molecule has 5 nitrogen and oxygen atoms in total. The van der Waals surface area contributed by atoms with E-state index in [0.29, 0.717) is 25.9 Å². The molecule has 1 N–H and O–H groups in total. The first kappa shape index (κ1) is 17.3. The summed E-state index contributed by atoms with van der Waals surface area (Å²) < 4.78 is 68.5. The van der Waals surface area contributed by atoms with Crippen molar-refractivity contribution in [2.45, 2.75) is 37.1 Å². The van der Waals surface area contributed by atoms with Gasteiger partial charge in [-0.3, -0.25) is 4.90 Å². The number of piperidine rings is 1.